The van der Waals surface area contributed by atoms with Crippen LogP contribution in [0.2, 0.25) is 0 Å². The van der Waals surface area contributed by atoms with Crippen LogP contribution in [0.25, 0.3) is 0 Å². The lowest BCUT2D eigenvalue weighted by molar-refractivity contribution is 0.335. The standard InChI is InChI=1S/C11H17NO3S/c1-9(12)10-5-3-4-6-11(10)15-7-8-16(2,13)14/h3-6,9H,7-8,12H2,1-2H3. The molecule has 0 saturated heterocycles. The van der Waals surface area contributed by atoms with Crippen LogP contribution in [0.1, 0.15) is 18.5 Å². The first-order valence-corrected chi connectivity index (χ1v) is 7.11. The van der Waals surface area contributed by atoms with Crippen molar-refractivity contribution in [3.8, 4) is 5.75 Å². The van der Waals surface area contributed by atoms with Crippen molar-refractivity contribution in [3.05, 3.63) is 29.8 Å². The Balaban J connectivity index is 2.67. The molecule has 0 spiro atoms. The predicted molar refractivity (Wildman–Crippen MR) is 64.3 cm³/mol. The summed E-state index contributed by atoms with van der Waals surface area (Å²) in [5.41, 5.74) is 6.66. The van der Waals surface area contributed by atoms with Crippen LogP contribution in [-0.4, -0.2) is 27.0 Å². The van der Waals surface area contributed by atoms with Gasteiger partial charge in [-0.2, -0.15) is 0 Å². The fourth-order valence-corrected chi connectivity index (χ4v) is 1.68. The maximum atomic E-state index is 10.9. The van der Waals surface area contributed by atoms with Crippen LogP contribution in [-0.2, 0) is 9.84 Å². The Kier molecular flexibility index (Phi) is 4.32. The summed E-state index contributed by atoms with van der Waals surface area (Å²) in [5, 5.41) is 0. The number of hydrogen-bond donors (Lipinski definition) is 1. The predicted octanol–water partition coefficient (Wildman–Crippen LogP) is 1.13. The van der Waals surface area contributed by atoms with E-state index in [1.807, 2.05) is 25.1 Å². The molecule has 0 aliphatic carbocycles. The van der Waals surface area contributed by atoms with Gasteiger partial charge in [0, 0.05) is 17.9 Å². The summed E-state index contributed by atoms with van der Waals surface area (Å²) in [6.07, 6.45) is 1.19. The van der Waals surface area contributed by atoms with E-state index >= 15 is 0 Å². The van der Waals surface area contributed by atoms with Gasteiger partial charge in [-0.25, -0.2) is 8.42 Å². The zero-order chi connectivity index (χ0) is 12.2. The Morgan fingerprint density at radius 1 is 1.38 bits per heavy atom. The monoisotopic (exact) mass is 243 g/mol. The maximum Gasteiger partial charge on any atom is 0.150 e. The first-order valence-electron chi connectivity index (χ1n) is 5.05. The molecule has 4 nitrogen and oxygen atoms in total. The van der Waals surface area contributed by atoms with E-state index in [0.29, 0.717) is 5.75 Å². The van der Waals surface area contributed by atoms with E-state index < -0.39 is 9.84 Å². The second-order valence-electron chi connectivity index (χ2n) is 3.80. The minimum absolute atomic E-state index is 0.0142. The third-order valence-electron chi connectivity index (χ3n) is 2.12. The molecule has 16 heavy (non-hydrogen) atoms. The van der Waals surface area contributed by atoms with Crippen molar-refractivity contribution in [3.63, 3.8) is 0 Å². The van der Waals surface area contributed by atoms with Gasteiger partial charge in [-0.1, -0.05) is 18.2 Å². The first kappa shape index (κ1) is 13.0. The molecule has 1 atom stereocenters. The van der Waals surface area contributed by atoms with Crippen LogP contribution < -0.4 is 10.5 Å². The number of nitrogens with two attached hydrogens (primary N) is 1. The summed E-state index contributed by atoms with van der Waals surface area (Å²) < 4.78 is 27.3. The Hall–Kier alpha value is -1.07. The van der Waals surface area contributed by atoms with Crippen molar-refractivity contribution < 1.29 is 13.2 Å². The van der Waals surface area contributed by atoms with E-state index in [-0.39, 0.29) is 18.4 Å². The van der Waals surface area contributed by atoms with E-state index in [4.69, 9.17) is 10.5 Å². The molecule has 90 valence electrons. The third-order valence-corrected chi connectivity index (χ3v) is 3.03. The van der Waals surface area contributed by atoms with Crippen LogP contribution >= 0.6 is 0 Å². The topological polar surface area (TPSA) is 69.4 Å². The van der Waals surface area contributed by atoms with Gasteiger partial charge in [0.1, 0.15) is 12.4 Å². The highest BCUT2D eigenvalue weighted by Crippen LogP contribution is 2.22. The van der Waals surface area contributed by atoms with Gasteiger partial charge in [-0.05, 0) is 13.0 Å². The maximum absolute atomic E-state index is 10.9. The highest BCUT2D eigenvalue weighted by molar-refractivity contribution is 7.90. The molecule has 1 unspecified atom stereocenters. The fraction of sp³-hybridized carbons (Fsp3) is 0.455. The van der Waals surface area contributed by atoms with Crippen molar-refractivity contribution in [2.45, 2.75) is 13.0 Å². The Labute approximate surface area is 96.3 Å². The molecule has 0 aliphatic heterocycles. The largest absolute Gasteiger partial charge is 0.492 e. The van der Waals surface area contributed by atoms with Crippen molar-refractivity contribution >= 4 is 9.84 Å². The second-order valence-corrected chi connectivity index (χ2v) is 6.06. The number of sulfone groups is 1. The van der Waals surface area contributed by atoms with Crippen LogP contribution in [0.15, 0.2) is 24.3 Å². The summed E-state index contributed by atoms with van der Waals surface area (Å²) in [7, 11) is -2.98. The lowest BCUT2D eigenvalue weighted by Crippen LogP contribution is -2.14. The van der Waals surface area contributed by atoms with Gasteiger partial charge in [0.2, 0.25) is 0 Å². The Morgan fingerprint density at radius 3 is 2.56 bits per heavy atom. The number of rotatable bonds is 5. The van der Waals surface area contributed by atoms with E-state index in [9.17, 15) is 8.42 Å². The van der Waals surface area contributed by atoms with E-state index in [0.717, 1.165) is 5.56 Å². The molecule has 0 aliphatic rings. The molecule has 0 amide bonds. The molecular formula is C11H17NO3S. The zero-order valence-corrected chi connectivity index (χ0v) is 10.3. The molecular weight excluding hydrogens is 226 g/mol. The highest BCUT2D eigenvalue weighted by Gasteiger charge is 2.08. The Bertz CT molecular complexity index is 440. The molecule has 0 radical (unpaired) electrons. The molecule has 1 rings (SSSR count). The van der Waals surface area contributed by atoms with Gasteiger partial charge in [0.25, 0.3) is 0 Å². The zero-order valence-electron chi connectivity index (χ0n) is 9.51. The van der Waals surface area contributed by atoms with Crippen molar-refractivity contribution in [2.75, 3.05) is 18.6 Å². The van der Waals surface area contributed by atoms with Crippen LogP contribution in [0.5, 0.6) is 5.75 Å². The van der Waals surface area contributed by atoms with Gasteiger partial charge >= 0.3 is 0 Å². The lowest BCUT2D eigenvalue weighted by Gasteiger charge is -2.13. The minimum Gasteiger partial charge on any atom is -0.492 e. The number of para-hydroxylation sites is 1. The van der Waals surface area contributed by atoms with Gasteiger partial charge in [-0.15, -0.1) is 0 Å². The molecule has 2 N–H and O–H groups in total. The quantitative estimate of drug-likeness (QED) is 0.841. The number of ether oxygens (including phenoxy) is 1. The first-order chi connectivity index (χ1) is 7.40. The molecule has 0 bridgehead atoms. The van der Waals surface area contributed by atoms with E-state index in [2.05, 4.69) is 0 Å². The van der Waals surface area contributed by atoms with Crippen molar-refractivity contribution in [1.29, 1.82) is 0 Å². The van der Waals surface area contributed by atoms with Gasteiger partial charge in [0.05, 0.1) is 5.75 Å². The minimum atomic E-state index is -2.98. The molecule has 0 aromatic heterocycles. The van der Waals surface area contributed by atoms with Gasteiger partial charge < -0.3 is 10.5 Å². The molecule has 0 saturated carbocycles. The summed E-state index contributed by atoms with van der Waals surface area (Å²) >= 11 is 0. The summed E-state index contributed by atoms with van der Waals surface area (Å²) in [4.78, 5) is 0. The average molecular weight is 243 g/mol. The van der Waals surface area contributed by atoms with Crippen LogP contribution in [0, 0.1) is 0 Å². The fourth-order valence-electron chi connectivity index (χ4n) is 1.29. The number of benzene rings is 1. The molecule has 5 heteroatoms. The second kappa shape index (κ2) is 5.32. The van der Waals surface area contributed by atoms with E-state index in [1.54, 1.807) is 6.07 Å². The summed E-state index contributed by atoms with van der Waals surface area (Å²) in [6.45, 7) is 2.02. The Morgan fingerprint density at radius 2 is 2.00 bits per heavy atom. The van der Waals surface area contributed by atoms with Crippen molar-refractivity contribution in [2.24, 2.45) is 5.73 Å². The molecule has 1 aromatic rings. The molecule has 1 aromatic carbocycles. The summed E-state index contributed by atoms with van der Waals surface area (Å²) in [6, 6.07) is 7.25. The van der Waals surface area contributed by atoms with Crippen molar-refractivity contribution in [1.82, 2.24) is 0 Å². The van der Waals surface area contributed by atoms with Crippen LogP contribution in [0.4, 0.5) is 0 Å². The smallest absolute Gasteiger partial charge is 0.150 e. The molecule has 0 fully saturated rings. The highest BCUT2D eigenvalue weighted by atomic mass is 32.2. The van der Waals surface area contributed by atoms with Gasteiger partial charge in [0.15, 0.2) is 9.84 Å². The third kappa shape index (κ3) is 4.20. The average Bonchev–Trinajstić information content (AvgIpc) is 2.16. The van der Waals surface area contributed by atoms with E-state index in [1.165, 1.54) is 6.26 Å². The normalized spacial score (nSPS) is 13.4. The molecule has 0 heterocycles. The van der Waals surface area contributed by atoms with Crippen LogP contribution in [0.3, 0.4) is 0 Å². The summed E-state index contributed by atoms with van der Waals surface area (Å²) in [5.74, 6) is 0.668. The van der Waals surface area contributed by atoms with Gasteiger partial charge in [-0.3, -0.25) is 0 Å². The number of hydrogen-bond acceptors (Lipinski definition) is 4. The SMILES string of the molecule is CC(N)c1ccccc1OCCS(C)(=O)=O. The lowest BCUT2D eigenvalue weighted by atomic mass is 10.1.